The van der Waals surface area contributed by atoms with Crippen LogP contribution in [0.2, 0.25) is 0 Å². The fourth-order valence-electron chi connectivity index (χ4n) is 1.55. The van der Waals surface area contributed by atoms with Crippen molar-refractivity contribution in [3.05, 3.63) is 0 Å². The van der Waals surface area contributed by atoms with Gasteiger partial charge >= 0.3 is 6.09 Å². The molecule has 3 heteroatoms. The van der Waals surface area contributed by atoms with Gasteiger partial charge in [-0.15, -0.1) is 0 Å². The maximum Gasteiger partial charge on any atom is 0.409 e. The largest absolute Gasteiger partial charge is 0.450 e. The first-order valence-corrected chi connectivity index (χ1v) is 4.94. The lowest BCUT2D eigenvalue weighted by molar-refractivity contribution is 0.0908. The molecule has 0 radical (unpaired) electrons. The van der Waals surface area contributed by atoms with E-state index in [9.17, 15) is 4.79 Å². The standard InChI is InChI=1S/C10H21NO2/c1-6-9(8(3)4)11(5)10(12)13-7-2/h8-9H,6-7H2,1-5H3/t9-/m1/s1. The van der Waals surface area contributed by atoms with Gasteiger partial charge in [-0.2, -0.15) is 0 Å². The van der Waals surface area contributed by atoms with Crippen LogP contribution < -0.4 is 0 Å². The van der Waals surface area contributed by atoms with Crippen LogP contribution in [0.1, 0.15) is 34.1 Å². The summed E-state index contributed by atoms with van der Waals surface area (Å²) in [4.78, 5) is 13.0. The molecule has 0 saturated carbocycles. The minimum atomic E-state index is -0.219. The molecule has 0 rings (SSSR count). The van der Waals surface area contributed by atoms with Crippen LogP contribution in [0.15, 0.2) is 0 Å². The molecule has 0 aromatic heterocycles. The topological polar surface area (TPSA) is 29.5 Å². The summed E-state index contributed by atoms with van der Waals surface area (Å²) in [5, 5.41) is 0. The second kappa shape index (κ2) is 5.84. The molecule has 1 amide bonds. The molecule has 0 saturated heterocycles. The highest BCUT2D eigenvalue weighted by Crippen LogP contribution is 2.13. The Labute approximate surface area is 81.1 Å². The monoisotopic (exact) mass is 187 g/mol. The van der Waals surface area contributed by atoms with Gasteiger partial charge < -0.3 is 9.64 Å². The molecule has 0 aromatic rings. The third kappa shape index (κ3) is 3.66. The van der Waals surface area contributed by atoms with Crippen LogP contribution in [0.3, 0.4) is 0 Å². The van der Waals surface area contributed by atoms with Crippen molar-refractivity contribution in [2.45, 2.75) is 40.2 Å². The first-order valence-electron chi connectivity index (χ1n) is 4.94. The summed E-state index contributed by atoms with van der Waals surface area (Å²) in [6.07, 6.45) is 0.746. The molecule has 1 atom stereocenters. The van der Waals surface area contributed by atoms with Gasteiger partial charge in [0.15, 0.2) is 0 Å². The van der Waals surface area contributed by atoms with E-state index in [2.05, 4.69) is 20.8 Å². The first-order chi connectivity index (χ1) is 6.04. The maximum absolute atomic E-state index is 11.4. The minimum Gasteiger partial charge on any atom is -0.450 e. The summed E-state index contributed by atoms with van der Waals surface area (Å²) in [6.45, 7) is 8.58. The Morgan fingerprint density at radius 1 is 1.38 bits per heavy atom. The first kappa shape index (κ1) is 12.3. The smallest absolute Gasteiger partial charge is 0.409 e. The van der Waals surface area contributed by atoms with Crippen molar-refractivity contribution >= 4 is 6.09 Å². The van der Waals surface area contributed by atoms with Crippen molar-refractivity contribution in [3.8, 4) is 0 Å². The molecular formula is C10H21NO2. The number of hydrogen-bond acceptors (Lipinski definition) is 2. The lowest BCUT2D eigenvalue weighted by Crippen LogP contribution is -2.40. The third-order valence-electron chi connectivity index (χ3n) is 2.24. The second-order valence-electron chi connectivity index (χ2n) is 3.53. The average molecular weight is 187 g/mol. The van der Waals surface area contributed by atoms with Crippen LogP contribution in [0.5, 0.6) is 0 Å². The van der Waals surface area contributed by atoms with Crippen molar-refractivity contribution < 1.29 is 9.53 Å². The summed E-state index contributed by atoms with van der Waals surface area (Å²) in [5.74, 6) is 0.472. The van der Waals surface area contributed by atoms with Gasteiger partial charge in [0.25, 0.3) is 0 Å². The van der Waals surface area contributed by atoms with Crippen molar-refractivity contribution in [2.75, 3.05) is 13.7 Å². The Bertz CT molecular complexity index is 157. The molecule has 0 aromatic carbocycles. The number of hydrogen-bond donors (Lipinski definition) is 0. The van der Waals surface area contributed by atoms with Gasteiger partial charge in [0.05, 0.1) is 6.61 Å². The highest BCUT2D eigenvalue weighted by Gasteiger charge is 2.21. The lowest BCUT2D eigenvalue weighted by Gasteiger charge is -2.29. The highest BCUT2D eigenvalue weighted by molar-refractivity contribution is 5.67. The van der Waals surface area contributed by atoms with Gasteiger partial charge in [-0.1, -0.05) is 20.8 Å². The predicted molar refractivity (Wildman–Crippen MR) is 53.7 cm³/mol. The zero-order chi connectivity index (χ0) is 10.4. The molecule has 3 nitrogen and oxygen atoms in total. The molecule has 0 fully saturated rings. The zero-order valence-corrected chi connectivity index (χ0v) is 9.33. The van der Waals surface area contributed by atoms with Crippen LogP contribution in [-0.2, 0) is 4.74 Å². The Morgan fingerprint density at radius 2 is 1.92 bits per heavy atom. The fourth-order valence-corrected chi connectivity index (χ4v) is 1.55. The van der Waals surface area contributed by atoms with Crippen LogP contribution in [0.25, 0.3) is 0 Å². The quantitative estimate of drug-likeness (QED) is 0.676. The van der Waals surface area contributed by atoms with Gasteiger partial charge in [0.2, 0.25) is 0 Å². The number of amides is 1. The Hall–Kier alpha value is -0.730. The molecule has 13 heavy (non-hydrogen) atoms. The van der Waals surface area contributed by atoms with E-state index in [0.717, 1.165) is 6.42 Å². The Balaban J connectivity index is 4.19. The van der Waals surface area contributed by atoms with Crippen molar-refractivity contribution in [1.82, 2.24) is 4.90 Å². The summed E-state index contributed by atoms with van der Waals surface area (Å²) < 4.78 is 4.92. The molecule has 78 valence electrons. The molecule has 0 heterocycles. The van der Waals surface area contributed by atoms with Crippen LogP contribution in [-0.4, -0.2) is 30.7 Å². The van der Waals surface area contributed by atoms with Crippen LogP contribution in [0.4, 0.5) is 4.79 Å². The molecule has 0 unspecified atom stereocenters. The summed E-state index contributed by atoms with van der Waals surface area (Å²) in [7, 11) is 1.80. The van der Waals surface area contributed by atoms with E-state index in [4.69, 9.17) is 4.74 Å². The molecule has 0 aliphatic heterocycles. The number of carbonyl (C=O) groups excluding carboxylic acids is 1. The summed E-state index contributed by atoms with van der Waals surface area (Å²) in [5.41, 5.74) is 0. The van der Waals surface area contributed by atoms with Crippen molar-refractivity contribution in [2.24, 2.45) is 5.92 Å². The van der Waals surface area contributed by atoms with Crippen LogP contribution >= 0.6 is 0 Å². The Kier molecular flexibility index (Phi) is 5.51. The van der Waals surface area contributed by atoms with Gasteiger partial charge in [-0.25, -0.2) is 4.79 Å². The number of nitrogens with zero attached hydrogens (tertiary/aromatic N) is 1. The molecular weight excluding hydrogens is 166 g/mol. The zero-order valence-electron chi connectivity index (χ0n) is 9.33. The van der Waals surface area contributed by atoms with E-state index >= 15 is 0 Å². The number of ether oxygens (including phenoxy) is 1. The van der Waals surface area contributed by atoms with Crippen LogP contribution in [0, 0.1) is 5.92 Å². The normalized spacial score (nSPS) is 12.8. The summed E-state index contributed by atoms with van der Waals surface area (Å²) >= 11 is 0. The number of carbonyl (C=O) groups is 1. The van der Waals surface area contributed by atoms with Gasteiger partial charge in [-0.3, -0.25) is 0 Å². The molecule has 0 spiro atoms. The van der Waals surface area contributed by atoms with Gasteiger partial charge in [-0.05, 0) is 19.3 Å². The van der Waals surface area contributed by atoms with E-state index in [1.165, 1.54) is 0 Å². The SMILES string of the molecule is CCOC(=O)N(C)[C@H](CC)C(C)C. The average Bonchev–Trinajstić information content (AvgIpc) is 2.05. The molecule has 0 N–H and O–H groups in total. The van der Waals surface area contributed by atoms with Gasteiger partial charge in [0, 0.05) is 13.1 Å². The third-order valence-corrected chi connectivity index (χ3v) is 2.24. The number of rotatable bonds is 4. The molecule has 0 aliphatic rings. The maximum atomic E-state index is 11.4. The van der Waals surface area contributed by atoms with Gasteiger partial charge in [0.1, 0.15) is 0 Å². The minimum absolute atomic E-state index is 0.219. The highest BCUT2D eigenvalue weighted by atomic mass is 16.6. The van der Waals surface area contributed by atoms with E-state index in [1.54, 1.807) is 11.9 Å². The van der Waals surface area contributed by atoms with E-state index < -0.39 is 0 Å². The second-order valence-corrected chi connectivity index (χ2v) is 3.53. The van der Waals surface area contributed by atoms with Crippen molar-refractivity contribution in [1.29, 1.82) is 0 Å². The fraction of sp³-hybridized carbons (Fsp3) is 0.900. The predicted octanol–water partition coefficient (Wildman–Crippen LogP) is 2.51. The molecule has 0 bridgehead atoms. The molecule has 0 aliphatic carbocycles. The Morgan fingerprint density at radius 3 is 2.23 bits per heavy atom. The van der Waals surface area contributed by atoms with E-state index in [1.807, 2.05) is 6.92 Å². The lowest BCUT2D eigenvalue weighted by atomic mass is 10.0. The van der Waals surface area contributed by atoms with E-state index in [-0.39, 0.29) is 12.1 Å². The van der Waals surface area contributed by atoms with E-state index in [0.29, 0.717) is 12.5 Å². The van der Waals surface area contributed by atoms with Crippen molar-refractivity contribution in [3.63, 3.8) is 0 Å². The summed E-state index contributed by atoms with van der Waals surface area (Å²) in [6, 6.07) is 0.277.